The van der Waals surface area contributed by atoms with Gasteiger partial charge in [0.1, 0.15) is 5.69 Å². The summed E-state index contributed by atoms with van der Waals surface area (Å²) in [5.74, 6) is -10.1. The molecule has 7 aromatic carbocycles. The fourth-order valence-corrected chi connectivity index (χ4v) is 9.02. The Labute approximate surface area is 306 Å². The van der Waals surface area contributed by atoms with Crippen molar-refractivity contribution in [3.63, 3.8) is 0 Å². The van der Waals surface area contributed by atoms with Gasteiger partial charge in [-0.05, 0) is 82.9 Å². The third kappa shape index (κ3) is 5.15. The third-order valence-electron chi connectivity index (χ3n) is 10.2. The Morgan fingerprint density at radius 3 is 1.83 bits per heavy atom. The molecule has 0 bridgehead atoms. The maximum absolute atomic E-state index is 15.7. The summed E-state index contributed by atoms with van der Waals surface area (Å²) < 4.78 is 77.4. The average Bonchev–Trinajstić information content (AvgIpc) is 3.52. The van der Waals surface area contributed by atoms with E-state index in [0.717, 1.165) is 64.4 Å². The second-order valence-corrected chi connectivity index (χ2v) is 14.7. The molecule has 0 amide bonds. The van der Waals surface area contributed by atoms with Crippen LogP contribution in [0.4, 0.5) is 39.0 Å². The molecular weight excluding hydrogens is 696 g/mol. The van der Waals surface area contributed by atoms with Gasteiger partial charge in [-0.1, -0.05) is 104 Å². The molecule has 0 saturated carbocycles. The molecule has 0 spiro atoms. The van der Waals surface area contributed by atoms with Crippen LogP contribution in [0, 0.1) is 29.1 Å². The maximum atomic E-state index is 15.7. The highest BCUT2D eigenvalue weighted by molar-refractivity contribution is 7.99. The van der Waals surface area contributed by atoms with E-state index in [1.54, 1.807) is 36.4 Å². The molecule has 1 aliphatic heterocycles. The van der Waals surface area contributed by atoms with Crippen LogP contribution in [0.5, 0.6) is 0 Å². The predicted octanol–water partition coefficient (Wildman–Crippen LogP) is 13.4. The molecule has 1 aliphatic rings. The van der Waals surface area contributed by atoms with Crippen molar-refractivity contribution >= 4 is 50.6 Å². The van der Waals surface area contributed by atoms with Crippen molar-refractivity contribution in [2.45, 2.75) is 29.1 Å². The van der Waals surface area contributed by atoms with E-state index in [1.165, 1.54) is 11.8 Å². The molecule has 1 aromatic heterocycles. The lowest BCUT2D eigenvalue weighted by Crippen LogP contribution is -2.24. The van der Waals surface area contributed by atoms with Gasteiger partial charge in [0.25, 0.3) is 0 Å². The molecule has 0 fully saturated rings. The van der Waals surface area contributed by atoms with Crippen LogP contribution >= 0.6 is 11.8 Å². The normalized spacial score (nSPS) is 13.3. The van der Waals surface area contributed by atoms with Gasteiger partial charge in [-0.15, -0.1) is 0 Å². The van der Waals surface area contributed by atoms with Gasteiger partial charge in [-0.25, -0.2) is 22.0 Å². The van der Waals surface area contributed by atoms with Gasteiger partial charge in [0.2, 0.25) is 5.82 Å². The lowest BCUT2D eigenvalue weighted by atomic mass is 9.77. The average molecular weight is 725 g/mol. The van der Waals surface area contributed by atoms with Gasteiger partial charge in [0.05, 0.1) is 11.0 Å². The minimum atomic E-state index is -2.21. The Hall–Kier alpha value is -5.86. The third-order valence-corrected chi connectivity index (χ3v) is 11.4. The van der Waals surface area contributed by atoms with Crippen molar-refractivity contribution in [2.75, 3.05) is 4.90 Å². The predicted molar refractivity (Wildman–Crippen MR) is 203 cm³/mol. The summed E-state index contributed by atoms with van der Waals surface area (Å²) in [7, 11) is 0. The molecule has 53 heavy (non-hydrogen) atoms. The first-order valence-corrected chi connectivity index (χ1v) is 17.9. The number of rotatable bonds is 5. The first-order chi connectivity index (χ1) is 25.6. The monoisotopic (exact) mass is 724 g/mol. The van der Waals surface area contributed by atoms with Crippen LogP contribution in [0.2, 0.25) is 0 Å². The Morgan fingerprint density at radius 1 is 0.491 bits per heavy atom. The zero-order valence-electron chi connectivity index (χ0n) is 28.5. The zero-order valence-corrected chi connectivity index (χ0v) is 29.3. The van der Waals surface area contributed by atoms with Crippen molar-refractivity contribution in [1.82, 2.24) is 4.57 Å². The second-order valence-electron chi connectivity index (χ2n) is 13.6. The van der Waals surface area contributed by atoms with E-state index in [9.17, 15) is 13.2 Å². The van der Waals surface area contributed by atoms with Gasteiger partial charge in [0, 0.05) is 43.0 Å². The topological polar surface area (TPSA) is 8.17 Å². The number of hydrogen-bond donors (Lipinski definition) is 0. The molecular formula is C45H29F5N2S. The number of para-hydroxylation sites is 2. The fourth-order valence-electron chi connectivity index (χ4n) is 7.59. The number of aromatic nitrogens is 1. The molecule has 2 heterocycles. The molecule has 0 aliphatic carbocycles. The van der Waals surface area contributed by atoms with E-state index < -0.39 is 34.8 Å². The summed E-state index contributed by atoms with van der Waals surface area (Å²) in [4.78, 5) is 2.95. The SMILES string of the molecule is CC1(C)c2ccccc2Sc2cc(N(c3ccc(-c4ccc5c(c4)c4ccccc4n5-c4ccccc4)cc3)c3c(F)c(F)c(F)c(F)c3F)ccc21. The highest BCUT2D eigenvalue weighted by atomic mass is 32.2. The highest BCUT2D eigenvalue weighted by Crippen LogP contribution is 2.51. The second kappa shape index (κ2) is 12.4. The molecule has 0 N–H and O–H groups in total. The highest BCUT2D eigenvalue weighted by Gasteiger charge is 2.35. The smallest absolute Gasteiger partial charge is 0.200 e. The van der Waals surface area contributed by atoms with Crippen molar-refractivity contribution in [2.24, 2.45) is 0 Å². The van der Waals surface area contributed by atoms with Gasteiger partial charge in [-0.2, -0.15) is 0 Å². The number of anilines is 3. The number of halogens is 5. The summed E-state index contributed by atoms with van der Waals surface area (Å²) in [6, 6.07) is 44.6. The molecule has 8 heteroatoms. The van der Waals surface area contributed by atoms with Crippen molar-refractivity contribution < 1.29 is 22.0 Å². The summed E-state index contributed by atoms with van der Waals surface area (Å²) in [5, 5.41) is 2.13. The Balaban J connectivity index is 1.18. The largest absolute Gasteiger partial charge is 0.309 e. The Kier molecular flexibility index (Phi) is 7.71. The van der Waals surface area contributed by atoms with Gasteiger partial charge < -0.3 is 9.47 Å². The molecule has 2 nitrogen and oxygen atoms in total. The minimum Gasteiger partial charge on any atom is -0.309 e. The summed E-state index contributed by atoms with van der Waals surface area (Å²) >= 11 is 1.50. The molecule has 0 saturated heterocycles. The quantitative estimate of drug-likeness (QED) is 0.0992. The molecule has 9 rings (SSSR count). The van der Waals surface area contributed by atoms with E-state index in [1.807, 2.05) is 60.7 Å². The van der Waals surface area contributed by atoms with Crippen molar-refractivity contribution in [3.05, 3.63) is 180 Å². The Morgan fingerprint density at radius 2 is 1.08 bits per heavy atom. The minimum absolute atomic E-state index is 0.221. The molecule has 8 aromatic rings. The summed E-state index contributed by atoms with van der Waals surface area (Å²) in [5.41, 5.74) is 6.00. The number of nitrogens with zero attached hydrogens (tertiary/aromatic N) is 2. The maximum Gasteiger partial charge on any atom is 0.200 e. The van der Waals surface area contributed by atoms with E-state index in [2.05, 4.69) is 60.9 Å². The fraction of sp³-hybridized carbons (Fsp3) is 0.0667. The number of hydrogen-bond acceptors (Lipinski definition) is 2. The van der Waals surface area contributed by atoms with Gasteiger partial charge in [-0.3, -0.25) is 0 Å². The summed E-state index contributed by atoms with van der Waals surface area (Å²) in [6.07, 6.45) is 0. The molecule has 260 valence electrons. The lowest BCUT2D eigenvalue weighted by molar-refractivity contribution is 0.380. The van der Waals surface area contributed by atoms with E-state index in [0.29, 0.717) is 0 Å². The zero-order chi connectivity index (χ0) is 36.6. The first kappa shape index (κ1) is 33.0. The van der Waals surface area contributed by atoms with Gasteiger partial charge in [0.15, 0.2) is 23.3 Å². The van der Waals surface area contributed by atoms with Crippen LogP contribution in [0.25, 0.3) is 38.6 Å². The van der Waals surface area contributed by atoms with Gasteiger partial charge >= 0.3 is 0 Å². The van der Waals surface area contributed by atoms with Crippen molar-refractivity contribution in [1.29, 1.82) is 0 Å². The van der Waals surface area contributed by atoms with Crippen LogP contribution in [-0.2, 0) is 5.41 Å². The molecule has 0 radical (unpaired) electrons. The van der Waals surface area contributed by atoms with Crippen LogP contribution in [0.1, 0.15) is 25.0 Å². The van der Waals surface area contributed by atoms with Crippen LogP contribution in [0.15, 0.2) is 149 Å². The van der Waals surface area contributed by atoms with E-state index in [-0.39, 0.29) is 16.8 Å². The lowest BCUT2D eigenvalue weighted by Gasteiger charge is -2.35. The number of benzene rings is 7. The van der Waals surface area contributed by atoms with Crippen LogP contribution in [0.3, 0.4) is 0 Å². The molecule has 0 atom stereocenters. The first-order valence-electron chi connectivity index (χ1n) is 17.1. The van der Waals surface area contributed by atoms with Crippen LogP contribution < -0.4 is 4.90 Å². The molecule has 0 unspecified atom stereocenters. The number of fused-ring (bicyclic) bond motifs is 5. The summed E-state index contributed by atoms with van der Waals surface area (Å²) in [6.45, 7) is 4.20. The standard InChI is InChI=1S/C45H29F5N2S/c1-45(2)33-13-7-9-15-37(33)53-38-25-30(21-22-34(38)45)51(44-42(49)40(47)39(46)41(48)43(44)50)29-19-16-26(17-20-29)27-18-23-36-32(24-27)31-12-6-8-14-35(31)52(36)28-10-4-3-5-11-28/h3-25H,1-2H3. The van der Waals surface area contributed by atoms with E-state index in [4.69, 9.17) is 0 Å². The van der Waals surface area contributed by atoms with Crippen molar-refractivity contribution in [3.8, 4) is 16.8 Å². The van der Waals surface area contributed by atoms with E-state index >= 15 is 8.78 Å². The van der Waals surface area contributed by atoms with Crippen LogP contribution in [-0.4, -0.2) is 4.57 Å². The Bertz CT molecular complexity index is 2710.